The third-order valence-electron chi connectivity index (χ3n) is 4.32. The average molecular weight is 358 g/mol. The Labute approximate surface area is 156 Å². The van der Waals surface area contributed by atoms with Gasteiger partial charge in [-0.25, -0.2) is 0 Å². The molecule has 2 aromatic carbocycles. The molecule has 0 saturated carbocycles. The fourth-order valence-corrected chi connectivity index (χ4v) is 2.86. The first-order valence-corrected chi connectivity index (χ1v) is 8.58. The van der Waals surface area contributed by atoms with Gasteiger partial charge in [0, 0.05) is 29.3 Å². The van der Waals surface area contributed by atoms with Crippen molar-refractivity contribution in [1.82, 2.24) is 14.8 Å². The SMILES string of the molecule is Cc1ccc(-c2nnco2)cc1NC(=O)Cc1ccc(-n2cccc2)cc1. The largest absolute Gasteiger partial charge is 0.423 e. The lowest BCUT2D eigenvalue weighted by Crippen LogP contribution is -2.15. The van der Waals surface area contributed by atoms with Crippen molar-refractivity contribution >= 4 is 11.6 Å². The molecule has 2 aromatic heterocycles. The Kier molecular flexibility index (Phi) is 4.53. The van der Waals surface area contributed by atoms with Gasteiger partial charge in [-0.3, -0.25) is 4.79 Å². The molecule has 0 fully saturated rings. The van der Waals surface area contributed by atoms with Crippen LogP contribution in [0.5, 0.6) is 0 Å². The molecule has 0 saturated heterocycles. The van der Waals surface area contributed by atoms with Crippen molar-refractivity contribution < 1.29 is 9.21 Å². The maximum Gasteiger partial charge on any atom is 0.247 e. The van der Waals surface area contributed by atoms with Gasteiger partial charge in [-0.1, -0.05) is 18.2 Å². The molecule has 1 amide bonds. The zero-order valence-electron chi connectivity index (χ0n) is 14.8. The Morgan fingerprint density at radius 2 is 1.89 bits per heavy atom. The van der Waals surface area contributed by atoms with E-state index in [0.717, 1.165) is 28.1 Å². The summed E-state index contributed by atoms with van der Waals surface area (Å²) < 4.78 is 7.24. The highest BCUT2D eigenvalue weighted by Gasteiger charge is 2.10. The van der Waals surface area contributed by atoms with Crippen molar-refractivity contribution in [2.24, 2.45) is 0 Å². The topological polar surface area (TPSA) is 73.0 Å². The normalized spacial score (nSPS) is 10.7. The lowest BCUT2D eigenvalue weighted by atomic mass is 10.1. The Morgan fingerprint density at radius 1 is 1.11 bits per heavy atom. The molecule has 0 bridgehead atoms. The van der Waals surface area contributed by atoms with Gasteiger partial charge in [0.15, 0.2) is 0 Å². The van der Waals surface area contributed by atoms with E-state index in [0.29, 0.717) is 12.3 Å². The monoisotopic (exact) mass is 358 g/mol. The molecule has 0 atom stereocenters. The lowest BCUT2D eigenvalue weighted by Gasteiger charge is -2.10. The van der Waals surface area contributed by atoms with Crippen molar-refractivity contribution in [2.45, 2.75) is 13.3 Å². The number of nitrogens with zero attached hydrogens (tertiary/aromatic N) is 3. The Morgan fingerprint density at radius 3 is 2.59 bits per heavy atom. The van der Waals surface area contributed by atoms with Crippen LogP contribution in [0.2, 0.25) is 0 Å². The minimum Gasteiger partial charge on any atom is -0.423 e. The van der Waals surface area contributed by atoms with E-state index in [2.05, 4.69) is 15.5 Å². The molecule has 6 nitrogen and oxygen atoms in total. The van der Waals surface area contributed by atoms with Gasteiger partial charge in [-0.15, -0.1) is 10.2 Å². The zero-order chi connectivity index (χ0) is 18.6. The van der Waals surface area contributed by atoms with Crippen LogP contribution in [0.25, 0.3) is 17.1 Å². The molecule has 0 aliphatic carbocycles. The number of benzene rings is 2. The molecule has 0 unspecified atom stereocenters. The number of carbonyl (C=O) groups is 1. The average Bonchev–Trinajstić information content (AvgIpc) is 3.38. The molecule has 0 aliphatic heterocycles. The van der Waals surface area contributed by atoms with Crippen LogP contribution in [-0.4, -0.2) is 20.7 Å². The molecule has 134 valence electrons. The number of hydrogen-bond acceptors (Lipinski definition) is 4. The molecule has 1 N–H and O–H groups in total. The highest BCUT2D eigenvalue weighted by molar-refractivity contribution is 5.93. The van der Waals surface area contributed by atoms with E-state index in [9.17, 15) is 4.79 Å². The second-order valence-corrected chi connectivity index (χ2v) is 6.26. The molecule has 27 heavy (non-hydrogen) atoms. The lowest BCUT2D eigenvalue weighted by molar-refractivity contribution is -0.115. The molecule has 0 radical (unpaired) electrons. The van der Waals surface area contributed by atoms with Gasteiger partial charge >= 0.3 is 0 Å². The minimum atomic E-state index is -0.0745. The number of carbonyl (C=O) groups excluding carboxylic acids is 1. The predicted octanol–water partition coefficient (Wildman–Crippen LogP) is 4.02. The van der Waals surface area contributed by atoms with Crippen LogP contribution in [0, 0.1) is 6.92 Å². The first kappa shape index (κ1) is 16.8. The number of aryl methyl sites for hydroxylation is 1. The predicted molar refractivity (Wildman–Crippen MR) is 103 cm³/mol. The number of hydrogen-bond donors (Lipinski definition) is 1. The van der Waals surface area contributed by atoms with E-state index in [1.54, 1.807) is 0 Å². The van der Waals surface area contributed by atoms with Crippen LogP contribution in [-0.2, 0) is 11.2 Å². The maximum absolute atomic E-state index is 12.5. The summed E-state index contributed by atoms with van der Waals surface area (Å²) in [6.07, 6.45) is 5.56. The second-order valence-electron chi connectivity index (χ2n) is 6.26. The van der Waals surface area contributed by atoms with E-state index in [4.69, 9.17) is 4.42 Å². The summed E-state index contributed by atoms with van der Waals surface area (Å²) in [5.41, 5.74) is 4.49. The fraction of sp³-hybridized carbons (Fsp3) is 0.0952. The molecule has 6 heteroatoms. The molecular formula is C21H18N4O2. The van der Waals surface area contributed by atoms with Crippen molar-refractivity contribution in [2.75, 3.05) is 5.32 Å². The minimum absolute atomic E-state index is 0.0745. The standard InChI is InChI=1S/C21H18N4O2/c1-15-4-7-17(21-24-22-14-27-21)13-19(15)23-20(26)12-16-5-8-18(9-6-16)25-10-2-3-11-25/h2-11,13-14H,12H2,1H3,(H,23,26). The number of anilines is 1. The van der Waals surface area contributed by atoms with Gasteiger partial charge in [0.1, 0.15) is 0 Å². The fourth-order valence-electron chi connectivity index (χ4n) is 2.86. The summed E-state index contributed by atoms with van der Waals surface area (Å²) in [6.45, 7) is 1.94. The Hall–Kier alpha value is -3.67. The second kappa shape index (κ2) is 7.29. The summed E-state index contributed by atoms with van der Waals surface area (Å²) in [4.78, 5) is 12.5. The molecular weight excluding hydrogens is 340 g/mol. The highest BCUT2D eigenvalue weighted by Crippen LogP contribution is 2.24. The molecule has 4 rings (SSSR count). The van der Waals surface area contributed by atoms with E-state index in [-0.39, 0.29) is 5.91 Å². The van der Waals surface area contributed by atoms with Crippen LogP contribution in [0.4, 0.5) is 5.69 Å². The summed E-state index contributed by atoms with van der Waals surface area (Å²) in [6, 6.07) is 17.6. The quantitative estimate of drug-likeness (QED) is 0.585. The maximum atomic E-state index is 12.5. The Bertz CT molecular complexity index is 1040. The first-order chi connectivity index (χ1) is 13.2. The van der Waals surface area contributed by atoms with Crippen molar-refractivity contribution in [3.05, 3.63) is 84.5 Å². The van der Waals surface area contributed by atoms with Crippen LogP contribution >= 0.6 is 0 Å². The smallest absolute Gasteiger partial charge is 0.247 e. The van der Waals surface area contributed by atoms with Crippen LogP contribution in [0.1, 0.15) is 11.1 Å². The number of rotatable bonds is 5. The molecule has 0 spiro atoms. The van der Waals surface area contributed by atoms with E-state index >= 15 is 0 Å². The first-order valence-electron chi connectivity index (χ1n) is 8.58. The molecule has 2 heterocycles. The molecule has 4 aromatic rings. The number of amides is 1. The van der Waals surface area contributed by atoms with Crippen molar-refractivity contribution in [3.63, 3.8) is 0 Å². The highest BCUT2D eigenvalue weighted by atomic mass is 16.4. The van der Waals surface area contributed by atoms with Gasteiger partial charge in [-0.2, -0.15) is 0 Å². The van der Waals surface area contributed by atoms with Crippen molar-refractivity contribution in [3.8, 4) is 17.1 Å². The number of aromatic nitrogens is 3. The number of nitrogens with one attached hydrogen (secondary N) is 1. The Balaban J connectivity index is 1.46. The van der Waals surface area contributed by atoms with Crippen LogP contribution < -0.4 is 5.32 Å². The summed E-state index contributed by atoms with van der Waals surface area (Å²) in [5.74, 6) is 0.348. The van der Waals surface area contributed by atoms with E-state index in [1.165, 1.54) is 6.39 Å². The van der Waals surface area contributed by atoms with E-state index < -0.39 is 0 Å². The van der Waals surface area contributed by atoms with Gasteiger partial charge in [0.2, 0.25) is 18.2 Å². The summed E-state index contributed by atoms with van der Waals surface area (Å²) in [5, 5.41) is 10.6. The van der Waals surface area contributed by atoms with Gasteiger partial charge < -0.3 is 14.3 Å². The third-order valence-corrected chi connectivity index (χ3v) is 4.32. The summed E-state index contributed by atoms with van der Waals surface area (Å²) >= 11 is 0. The van der Waals surface area contributed by atoms with Crippen LogP contribution in [0.15, 0.2) is 77.8 Å². The van der Waals surface area contributed by atoms with Gasteiger partial charge in [-0.05, 0) is 54.4 Å². The van der Waals surface area contributed by atoms with Crippen molar-refractivity contribution in [1.29, 1.82) is 0 Å². The third kappa shape index (κ3) is 3.79. The molecule has 0 aliphatic rings. The van der Waals surface area contributed by atoms with Crippen LogP contribution in [0.3, 0.4) is 0 Å². The van der Waals surface area contributed by atoms with E-state index in [1.807, 2.05) is 78.5 Å². The summed E-state index contributed by atoms with van der Waals surface area (Å²) in [7, 11) is 0. The van der Waals surface area contributed by atoms with Gasteiger partial charge in [0.05, 0.1) is 6.42 Å². The zero-order valence-corrected chi connectivity index (χ0v) is 14.8. The van der Waals surface area contributed by atoms with Gasteiger partial charge in [0.25, 0.3) is 0 Å².